The van der Waals surface area contributed by atoms with E-state index in [9.17, 15) is 4.39 Å². The third kappa shape index (κ3) is 1.54. The normalized spacial score (nSPS) is 10.1. The van der Waals surface area contributed by atoms with E-state index in [2.05, 4.69) is 16.7 Å². The number of benzene rings is 1. The largest absolute Gasteiger partial charge is 0.334 e. The van der Waals surface area contributed by atoms with Crippen LogP contribution in [0, 0.1) is 5.82 Å². The van der Waals surface area contributed by atoms with Crippen LogP contribution in [-0.4, -0.2) is 10.1 Å². The summed E-state index contributed by atoms with van der Waals surface area (Å²) in [7, 11) is 0. The molecule has 14 heavy (non-hydrogen) atoms. The quantitative estimate of drug-likeness (QED) is 0.730. The van der Waals surface area contributed by atoms with E-state index in [1.54, 1.807) is 12.1 Å². The molecule has 1 aromatic carbocycles. The van der Waals surface area contributed by atoms with Gasteiger partial charge in [-0.3, -0.25) is 0 Å². The average molecular weight is 190 g/mol. The van der Waals surface area contributed by atoms with Crippen molar-refractivity contribution in [1.82, 2.24) is 10.1 Å². The van der Waals surface area contributed by atoms with Crippen LogP contribution >= 0.6 is 0 Å². The molecule has 4 heteroatoms. The van der Waals surface area contributed by atoms with Crippen LogP contribution in [0.3, 0.4) is 0 Å². The molecule has 0 aliphatic heterocycles. The Balaban J connectivity index is 2.39. The molecule has 0 N–H and O–H groups in total. The van der Waals surface area contributed by atoms with Gasteiger partial charge in [-0.15, -0.1) is 0 Å². The molecule has 0 atom stereocenters. The van der Waals surface area contributed by atoms with Gasteiger partial charge in [-0.2, -0.15) is 4.98 Å². The smallest absolute Gasteiger partial charge is 0.250 e. The number of hydrogen-bond donors (Lipinski definition) is 0. The van der Waals surface area contributed by atoms with Crippen LogP contribution in [0.1, 0.15) is 5.89 Å². The summed E-state index contributed by atoms with van der Waals surface area (Å²) in [6, 6.07) is 5.87. The van der Waals surface area contributed by atoms with E-state index in [-0.39, 0.29) is 5.82 Å². The summed E-state index contributed by atoms with van der Waals surface area (Å²) in [5.41, 5.74) is 0.711. The average Bonchev–Trinajstić information content (AvgIpc) is 2.67. The van der Waals surface area contributed by atoms with Gasteiger partial charge in [0.25, 0.3) is 0 Å². The summed E-state index contributed by atoms with van der Waals surface area (Å²) in [6.07, 6.45) is 1.46. The lowest BCUT2D eigenvalue weighted by Gasteiger charge is -1.91. The molecule has 0 unspecified atom stereocenters. The molecular formula is C10H7FN2O. The Morgan fingerprint density at radius 2 is 2.00 bits per heavy atom. The molecule has 0 aliphatic rings. The van der Waals surface area contributed by atoms with Crippen LogP contribution in [0.25, 0.3) is 17.5 Å². The summed E-state index contributed by atoms with van der Waals surface area (Å²) < 4.78 is 17.4. The van der Waals surface area contributed by atoms with Gasteiger partial charge in [0.05, 0.1) is 0 Å². The van der Waals surface area contributed by atoms with E-state index < -0.39 is 0 Å². The van der Waals surface area contributed by atoms with Crippen molar-refractivity contribution in [2.45, 2.75) is 0 Å². The highest BCUT2D eigenvalue weighted by molar-refractivity contribution is 5.55. The molecule has 0 radical (unpaired) electrons. The van der Waals surface area contributed by atoms with Crippen LogP contribution in [0.2, 0.25) is 0 Å². The molecule has 0 bridgehead atoms. The van der Waals surface area contributed by atoms with Crippen molar-refractivity contribution >= 4 is 6.08 Å². The second kappa shape index (κ2) is 3.41. The van der Waals surface area contributed by atoms with Crippen LogP contribution in [0.15, 0.2) is 35.4 Å². The van der Waals surface area contributed by atoms with Gasteiger partial charge < -0.3 is 4.52 Å². The van der Waals surface area contributed by atoms with Gasteiger partial charge in [-0.25, -0.2) is 4.39 Å². The summed E-state index contributed by atoms with van der Waals surface area (Å²) >= 11 is 0. The molecule has 0 saturated carbocycles. The lowest BCUT2D eigenvalue weighted by molar-refractivity contribution is 0.411. The maximum Gasteiger partial charge on any atom is 0.250 e. The third-order valence-corrected chi connectivity index (χ3v) is 1.72. The van der Waals surface area contributed by atoms with Crippen LogP contribution in [0.4, 0.5) is 4.39 Å². The van der Waals surface area contributed by atoms with E-state index in [0.717, 1.165) is 0 Å². The van der Waals surface area contributed by atoms with Gasteiger partial charge in [0.15, 0.2) is 0 Å². The predicted molar refractivity (Wildman–Crippen MR) is 49.8 cm³/mol. The molecule has 70 valence electrons. The number of halogens is 1. The first-order valence-corrected chi connectivity index (χ1v) is 4.01. The van der Waals surface area contributed by atoms with E-state index in [4.69, 9.17) is 4.52 Å². The van der Waals surface area contributed by atoms with Crippen molar-refractivity contribution in [3.8, 4) is 11.4 Å². The number of nitrogens with zero attached hydrogens (tertiary/aromatic N) is 2. The molecule has 0 aliphatic carbocycles. The van der Waals surface area contributed by atoms with Gasteiger partial charge in [0, 0.05) is 5.56 Å². The van der Waals surface area contributed by atoms with Crippen LogP contribution in [-0.2, 0) is 0 Å². The van der Waals surface area contributed by atoms with Crippen LogP contribution < -0.4 is 0 Å². The Bertz CT molecular complexity index is 447. The van der Waals surface area contributed by atoms with Gasteiger partial charge in [-0.05, 0) is 30.3 Å². The maximum atomic E-state index is 12.6. The fourth-order valence-electron chi connectivity index (χ4n) is 1.03. The Kier molecular flexibility index (Phi) is 2.10. The van der Waals surface area contributed by atoms with Gasteiger partial charge in [-0.1, -0.05) is 11.7 Å². The Hall–Kier alpha value is -1.97. The monoisotopic (exact) mass is 190 g/mol. The first-order chi connectivity index (χ1) is 6.79. The minimum absolute atomic E-state index is 0.291. The minimum Gasteiger partial charge on any atom is -0.334 e. The summed E-state index contributed by atoms with van der Waals surface area (Å²) in [4.78, 5) is 4.01. The fourth-order valence-corrected chi connectivity index (χ4v) is 1.03. The SMILES string of the molecule is C=Cc1nc(-c2ccc(F)cc2)no1. The topological polar surface area (TPSA) is 38.9 Å². The van der Waals surface area contributed by atoms with Crippen molar-refractivity contribution in [1.29, 1.82) is 0 Å². The highest BCUT2D eigenvalue weighted by atomic mass is 19.1. The van der Waals surface area contributed by atoms with Gasteiger partial charge in [0.1, 0.15) is 5.82 Å². The lowest BCUT2D eigenvalue weighted by Crippen LogP contribution is -1.81. The second-order valence-corrected chi connectivity index (χ2v) is 2.67. The van der Waals surface area contributed by atoms with Crippen molar-refractivity contribution in [2.75, 3.05) is 0 Å². The van der Waals surface area contributed by atoms with Crippen molar-refractivity contribution in [3.05, 3.63) is 42.6 Å². The highest BCUT2D eigenvalue weighted by Gasteiger charge is 2.05. The van der Waals surface area contributed by atoms with Gasteiger partial charge >= 0.3 is 0 Å². The molecule has 1 aromatic heterocycles. The zero-order valence-corrected chi connectivity index (χ0v) is 7.27. The Morgan fingerprint density at radius 3 is 2.57 bits per heavy atom. The molecule has 3 nitrogen and oxygen atoms in total. The zero-order chi connectivity index (χ0) is 9.97. The molecular weight excluding hydrogens is 183 g/mol. The molecule has 0 saturated heterocycles. The molecule has 2 aromatic rings. The lowest BCUT2D eigenvalue weighted by atomic mass is 10.2. The number of rotatable bonds is 2. The molecule has 0 fully saturated rings. The summed E-state index contributed by atoms with van der Waals surface area (Å²) in [5.74, 6) is 0.491. The Morgan fingerprint density at radius 1 is 1.29 bits per heavy atom. The molecule has 2 rings (SSSR count). The highest BCUT2D eigenvalue weighted by Crippen LogP contribution is 2.16. The fraction of sp³-hybridized carbons (Fsp3) is 0. The number of hydrogen-bond acceptors (Lipinski definition) is 3. The van der Waals surface area contributed by atoms with E-state index in [1.165, 1.54) is 18.2 Å². The second-order valence-electron chi connectivity index (χ2n) is 2.67. The summed E-state index contributed by atoms with van der Waals surface area (Å²) in [6.45, 7) is 3.50. The van der Waals surface area contributed by atoms with Gasteiger partial charge in [0.2, 0.25) is 11.7 Å². The molecule has 0 spiro atoms. The van der Waals surface area contributed by atoms with E-state index in [0.29, 0.717) is 17.3 Å². The predicted octanol–water partition coefficient (Wildman–Crippen LogP) is 2.52. The standard InChI is InChI=1S/C10H7FN2O/c1-2-9-12-10(13-14-9)7-3-5-8(11)6-4-7/h2-6H,1H2. The third-order valence-electron chi connectivity index (χ3n) is 1.72. The number of aromatic nitrogens is 2. The van der Waals surface area contributed by atoms with Crippen molar-refractivity contribution < 1.29 is 8.91 Å². The first kappa shape index (κ1) is 8.62. The van der Waals surface area contributed by atoms with E-state index in [1.807, 2.05) is 0 Å². The summed E-state index contributed by atoms with van der Waals surface area (Å²) in [5, 5.41) is 3.71. The Labute approximate surface area is 79.9 Å². The first-order valence-electron chi connectivity index (χ1n) is 4.01. The molecule has 0 amide bonds. The van der Waals surface area contributed by atoms with Crippen molar-refractivity contribution in [3.63, 3.8) is 0 Å². The van der Waals surface area contributed by atoms with Crippen LogP contribution in [0.5, 0.6) is 0 Å². The minimum atomic E-state index is -0.291. The molecule has 1 heterocycles. The van der Waals surface area contributed by atoms with E-state index >= 15 is 0 Å². The maximum absolute atomic E-state index is 12.6. The zero-order valence-electron chi connectivity index (χ0n) is 7.27. The van der Waals surface area contributed by atoms with Crippen molar-refractivity contribution in [2.24, 2.45) is 0 Å².